The van der Waals surface area contributed by atoms with Gasteiger partial charge in [0.05, 0.1) is 25.2 Å². The fourth-order valence-corrected chi connectivity index (χ4v) is 2.31. The number of nitro groups is 1. The Balaban J connectivity index is 2.43. The number of likely N-dealkylation sites (N-methyl/N-ethyl adjacent to an activating group) is 1. The molecule has 2 rings (SSSR count). The summed E-state index contributed by atoms with van der Waals surface area (Å²) in [6.07, 6.45) is 1.79. The van der Waals surface area contributed by atoms with Crippen LogP contribution in [0.1, 0.15) is 25.3 Å². The SMILES string of the molecule is CCCCOc1c(OC)cc(C2=NCCN2C)cc1[N+](=O)[O-]. The van der Waals surface area contributed by atoms with E-state index in [9.17, 15) is 10.1 Å². The number of aliphatic imine (C=N–C) groups is 1. The Hall–Kier alpha value is -2.31. The largest absolute Gasteiger partial charge is 0.493 e. The van der Waals surface area contributed by atoms with Crippen LogP contribution in [0.5, 0.6) is 11.5 Å². The summed E-state index contributed by atoms with van der Waals surface area (Å²) in [7, 11) is 3.39. The number of rotatable bonds is 7. The van der Waals surface area contributed by atoms with Crippen LogP contribution in [0, 0.1) is 10.1 Å². The van der Waals surface area contributed by atoms with Crippen LogP contribution in [0.15, 0.2) is 17.1 Å². The highest BCUT2D eigenvalue weighted by Gasteiger charge is 2.25. The molecule has 0 N–H and O–H groups in total. The normalized spacial score (nSPS) is 14.0. The number of unbranched alkanes of at least 4 members (excludes halogenated alkanes) is 1. The Bertz CT molecular complexity index is 586. The van der Waals surface area contributed by atoms with Crippen molar-refractivity contribution < 1.29 is 14.4 Å². The molecule has 0 fully saturated rings. The first-order chi connectivity index (χ1) is 10.6. The van der Waals surface area contributed by atoms with E-state index in [1.54, 1.807) is 6.07 Å². The van der Waals surface area contributed by atoms with Gasteiger partial charge in [0, 0.05) is 25.2 Å². The van der Waals surface area contributed by atoms with Crippen molar-refractivity contribution in [3.63, 3.8) is 0 Å². The molecule has 0 aromatic heterocycles. The van der Waals surface area contributed by atoms with Gasteiger partial charge in [-0.25, -0.2) is 0 Å². The third-order valence-electron chi connectivity index (χ3n) is 3.51. The lowest BCUT2D eigenvalue weighted by atomic mass is 10.1. The third-order valence-corrected chi connectivity index (χ3v) is 3.51. The first kappa shape index (κ1) is 16.1. The van der Waals surface area contributed by atoms with Crippen LogP contribution in [-0.4, -0.2) is 49.5 Å². The maximum Gasteiger partial charge on any atom is 0.315 e. The van der Waals surface area contributed by atoms with Crippen molar-refractivity contribution in [2.45, 2.75) is 19.8 Å². The van der Waals surface area contributed by atoms with Crippen LogP contribution in [0.25, 0.3) is 0 Å². The standard InChI is InChI=1S/C15H21N3O4/c1-4-5-8-22-14-12(18(19)20)9-11(10-13(14)21-3)15-16-6-7-17(15)2/h9-10H,4-8H2,1-3H3. The monoisotopic (exact) mass is 307 g/mol. The molecule has 0 atom stereocenters. The summed E-state index contributed by atoms with van der Waals surface area (Å²) in [5, 5.41) is 11.4. The number of nitrogens with zero attached hydrogens (tertiary/aromatic N) is 3. The maximum atomic E-state index is 11.4. The van der Waals surface area contributed by atoms with E-state index >= 15 is 0 Å². The maximum absolute atomic E-state index is 11.4. The Morgan fingerprint density at radius 3 is 2.77 bits per heavy atom. The van der Waals surface area contributed by atoms with Crippen LogP contribution in [0.2, 0.25) is 0 Å². The van der Waals surface area contributed by atoms with Gasteiger partial charge in [0.25, 0.3) is 0 Å². The summed E-state index contributed by atoms with van der Waals surface area (Å²) in [6.45, 7) is 3.96. The number of amidine groups is 1. The van der Waals surface area contributed by atoms with E-state index in [1.165, 1.54) is 13.2 Å². The smallest absolute Gasteiger partial charge is 0.315 e. The van der Waals surface area contributed by atoms with Crippen molar-refractivity contribution in [3.8, 4) is 11.5 Å². The minimum atomic E-state index is -0.442. The van der Waals surface area contributed by atoms with Gasteiger partial charge in [0.1, 0.15) is 5.84 Å². The molecule has 1 aromatic carbocycles. The molecule has 7 heteroatoms. The van der Waals surface area contributed by atoms with Gasteiger partial charge in [-0.2, -0.15) is 0 Å². The van der Waals surface area contributed by atoms with Crippen LogP contribution >= 0.6 is 0 Å². The van der Waals surface area contributed by atoms with Gasteiger partial charge in [0.15, 0.2) is 5.75 Å². The predicted molar refractivity (Wildman–Crippen MR) is 84.1 cm³/mol. The molecule has 120 valence electrons. The fraction of sp³-hybridized carbons (Fsp3) is 0.533. The van der Waals surface area contributed by atoms with Crippen LogP contribution < -0.4 is 9.47 Å². The Morgan fingerprint density at radius 2 is 2.23 bits per heavy atom. The van der Waals surface area contributed by atoms with Gasteiger partial charge >= 0.3 is 5.69 Å². The van der Waals surface area contributed by atoms with E-state index in [0.29, 0.717) is 24.5 Å². The highest BCUT2D eigenvalue weighted by molar-refractivity contribution is 6.01. The van der Waals surface area contributed by atoms with E-state index in [2.05, 4.69) is 4.99 Å². The lowest BCUT2D eigenvalue weighted by molar-refractivity contribution is -0.386. The first-order valence-corrected chi connectivity index (χ1v) is 7.33. The van der Waals surface area contributed by atoms with Gasteiger partial charge in [-0.1, -0.05) is 13.3 Å². The van der Waals surface area contributed by atoms with E-state index in [1.807, 2.05) is 18.9 Å². The molecule has 0 aliphatic carbocycles. The average molecular weight is 307 g/mol. The molecular formula is C15H21N3O4. The van der Waals surface area contributed by atoms with Crippen LogP contribution in [0.3, 0.4) is 0 Å². The summed E-state index contributed by atoms with van der Waals surface area (Å²) in [5.74, 6) is 1.29. The zero-order chi connectivity index (χ0) is 16.1. The van der Waals surface area contributed by atoms with Crippen molar-refractivity contribution in [3.05, 3.63) is 27.8 Å². The topological polar surface area (TPSA) is 77.2 Å². The molecule has 0 saturated heterocycles. The minimum Gasteiger partial charge on any atom is -0.493 e. The summed E-state index contributed by atoms with van der Waals surface area (Å²) >= 11 is 0. The molecule has 0 spiro atoms. The second-order valence-corrected chi connectivity index (χ2v) is 5.11. The predicted octanol–water partition coefficient (Wildman–Crippen LogP) is 2.47. The highest BCUT2D eigenvalue weighted by Crippen LogP contribution is 2.39. The zero-order valence-electron chi connectivity index (χ0n) is 13.2. The van der Waals surface area contributed by atoms with Crippen LogP contribution in [-0.2, 0) is 0 Å². The lowest BCUT2D eigenvalue weighted by Crippen LogP contribution is -2.23. The van der Waals surface area contributed by atoms with E-state index < -0.39 is 4.92 Å². The third kappa shape index (κ3) is 3.29. The van der Waals surface area contributed by atoms with Crippen molar-refractivity contribution in [2.75, 3.05) is 33.9 Å². The first-order valence-electron chi connectivity index (χ1n) is 7.33. The summed E-state index contributed by atoms with van der Waals surface area (Å²) in [6, 6.07) is 3.25. The van der Waals surface area contributed by atoms with E-state index in [0.717, 1.165) is 25.2 Å². The lowest BCUT2D eigenvalue weighted by Gasteiger charge is -2.16. The summed E-state index contributed by atoms with van der Waals surface area (Å²) in [5.41, 5.74) is 0.583. The molecular weight excluding hydrogens is 286 g/mol. The van der Waals surface area contributed by atoms with Gasteiger partial charge in [-0.05, 0) is 12.5 Å². The number of ether oxygens (including phenoxy) is 2. The van der Waals surface area contributed by atoms with Crippen molar-refractivity contribution >= 4 is 11.5 Å². The van der Waals surface area contributed by atoms with E-state index in [-0.39, 0.29) is 11.4 Å². The number of hydrogen-bond acceptors (Lipinski definition) is 6. The molecule has 0 radical (unpaired) electrons. The Morgan fingerprint density at radius 1 is 1.45 bits per heavy atom. The number of nitro benzene ring substituents is 1. The molecule has 1 aliphatic rings. The van der Waals surface area contributed by atoms with Gasteiger partial charge in [-0.15, -0.1) is 0 Å². The second kappa shape index (κ2) is 7.11. The quantitative estimate of drug-likeness (QED) is 0.439. The molecule has 0 unspecified atom stereocenters. The molecule has 0 bridgehead atoms. The fourth-order valence-electron chi connectivity index (χ4n) is 2.31. The Kier molecular flexibility index (Phi) is 5.19. The highest BCUT2D eigenvalue weighted by atomic mass is 16.6. The zero-order valence-corrected chi connectivity index (χ0v) is 13.2. The average Bonchev–Trinajstić information content (AvgIpc) is 2.93. The van der Waals surface area contributed by atoms with Crippen molar-refractivity contribution in [1.82, 2.24) is 4.90 Å². The second-order valence-electron chi connectivity index (χ2n) is 5.11. The minimum absolute atomic E-state index is 0.0894. The molecule has 7 nitrogen and oxygen atoms in total. The number of benzene rings is 1. The molecule has 1 aliphatic heterocycles. The van der Waals surface area contributed by atoms with Crippen LogP contribution in [0.4, 0.5) is 5.69 Å². The van der Waals surface area contributed by atoms with Gasteiger partial charge in [-0.3, -0.25) is 15.1 Å². The summed E-state index contributed by atoms with van der Waals surface area (Å²) < 4.78 is 10.9. The number of methoxy groups -OCH3 is 1. The molecule has 22 heavy (non-hydrogen) atoms. The molecule has 1 aromatic rings. The molecule has 0 amide bonds. The van der Waals surface area contributed by atoms with Gasteiger partial charge in [0.2, 0.25) is 5.75 Å². The van der Waals surface area contributed by atoms with E-state index in [4.69, 9.17) is 9.47 Å². The van der Waals surface area contributed by atoms with Gasteiger partial charge < -0.3 is 14.4 Å². The van der Waals surface area contributed by atoms with Crippen molar-refractivity contribution in [1.29, 1.82) is 0 Å². The summed E-state index contributed by atoms with van der Waals surface area (Å²) in [4.78, 5) is 17.3. The Labute approximate surface area is 129 Å². The number of hydrogen-bond donors (Lipinski definition) is 0. The molecule has 0 saturated carbocycles. The molecule has 1 heterocycles. The van der Waals surface area contributed by atoms with Crippen molar-refractivity contribution in [2.24, 2.45) is 4.99 Å².